The molecule has 1 heterocycles. The lowest BCUT2D eigenvalue weighted by molar-refractivity contribution is -0.145. The number of likely N-dealkylation sites (tertiary alicyclic amines) is 1. The SMILES string of the molecule is CC[C@](C)(N)C(=O)N1CCC[C@H]1C(=O)N[C@@H](Cc1ccc(OC)cc1)C(=O)N(C)[C@@H](CC(C)C)C(=O)N[C@H](CC(C)C)[C@H](O)CC(=O)NCCCCCC(=O)NC(=O)CC(C)C. The lowest BCUT2D eigenvalue weighted by Crippen LogP contribution is -2.60. The quantitative estimate of drug-likeness (QED) is 0.0744. The monoisotopic (exact) mass is 872 g/mol. The van der Waals surface area contributed by atoms with Gasteiger partial charge in [0, 0.05) is 39.4 Å². The van der Waals surface area contributed by atoms with E-state index in [0.717, 1.165) is 5.56 Å². The van der Waals surface area contributed by atoms with E-state index in [1.807, 2.05) is 48.5 Å². The lowest BCUT2D eigenvalue weighted by atomic mass is 9.95. The van der Waals surface area contributed by atoms with Crippen LogP contribution in [0.4, 0.5) is 0 Å². The number of aliphatic hydroxyl groups excluding tert-OH is 1. The fourth-order valence-electron chi connectivity index (χ4n) is 7.47. The molecule has 0 aromatic heterocycles. The van der Waals surface area contributed by atoms with Crippen molar-refractivity contribution in [3.8, 4) is 5.75 Å². The number of unbranched alkanes of at least 4 members (excludes halogenated alkanes) is 2. The molecule has 7 amide bonds. The molecule has 0 spiro atoms. The molecule has 6 atom stereocenters. The number of likely N-dealkylation sites (N-methyl/N-ethyl adjacent to an activating group) is 1. The summed E-state index contributed by atoms with van der Waals surface area (Å²) in [6.07, 6.45) is 2.94. The summed E-state index contributed by atoms with van der Waals surface area (Å²) < 4.78 is 5.31. The molecule has 0 saturated carbocycles. The second kappa shape index (κ2) is 26.1. The molecular formula is C46H77N7O9. The number of hydrogen-bond donors (Lipinski definition) is 6. The molecule has 1 aromatic rings. The maximum atomic E-state index is 14.6. The highest BCUT2D eigenvalue weighted by Crippen LogP contribution is 2.24. The Bertz CT molecular complexity index is 1630. The van der Waals surface area contributed by atoms with E-state index in [4.69, 9.17) is 10.5 Å². The highest BCUT2D eigenvalue weighted by atomic mass is 16.5. The molecule has 0 bridgehead atoms. The Labute approximate surface area is 369 Å². The van der Waals surface area contributed by atoms with Gasteiger partial charge in [-0.15, -0.1) is 0 Å². The van der Waals surface area contributed by atoms with Crippen molar-refractivity contribution >= 4 is 41.4 Å². The number of benzene rings is 1. The van der Waals surface area contributed by atoms with Crippen molar-refractivity contribution < 1.29 is 43.4 Å². The Balaban J connectivity index is 2.19. The minimum Gasteiger partial charge on any atom is -0.497 e. The molecule has 7 N–H and O–H groups in total. The molecular weight excluding hydrogens is 795 g/mol. The van der Waals surface area contributed by atoms with E-state index in [0.29, 0.717) is 63.8 Å². The Morgan fingerprint density at radius 1 is 0.887 bits per heavy atom. The predicted octanol–water partition coefficient (Wildman–Crippen LogP) is 3.36. The molecule has 16 heteroatoms. The number of nitrogens with two attached hydrogens (primary N) is 1. The summed E-state index contributed by atoms with van der Waals surface area (Å²) in [4.78, 5) is 95.8. The average Bonchev–Trinajstić information content (AvgIpc) is 3.69. The first-order valence-corrected chi connectivity index (χ1v) is 22.5. The number of hydrogen-bond acceptors (Lipinski definition) is 10. The summed E-state index contributed by atoms with van der Waals surface area (Å²) in [6.45, 7) is 15.7. The van der Waals surface area contributed by atoms with Crippen LogP contribution in [0.1, 0.15) is 132 Å². The molecule has 0 radical (unpaired) electrons. The van der Waals surface area contributed by atoms with Crippen LogP contribution in [0.15, 0.2) is 24.3 Å². The Morgan fingerprint density at radius 3 is 2.11 bits per heavy atom. The lowest BCUT2D eigenvalue weighted by Gasteiger charge is -2.35. The molecule has 16 nitrogen and oxygen atoms in total. The van der Waals surface area contributed by atoms with Crippen LogP contribution >= 0.6 is 0 Å². The van der Waals surface area contributed by atoms with Crippen molar-refractivity contribution in [1.29, 1.82) is 0 Å². The minimum absolute atomic E-state index is 0.0289. The van der Waals surface area contributed by atoms with Gasteiger partial charge >= 0.3 is 0 Å². The van der Waals surface area contributed by atoms with E-state index in [9.17, 15) is 38.7 Å². The van der Waals surface area contributed by atoms with Gasteiger partial charge in [0.15, 0.2) is 0 Å². The van der Waals surface area contributed by atoms with Gasteiger partial charge < -0.3 is 41.3 Å². The van der Waals surface area contributed by atoms with Crippen molar-refractivity contribution in [3.05, 3.63) is 29.8 Å². The molecule has 1 aliphatic rings. The van der Waals surface area contributed by atoms with Crippen molar-refractivity contribution in [2.45, 2.75) is 168 Å². The highest BCUT2D eigenvalue weighted by Gasteiger charge is 2.42. The minimum atomic E-state index is -1.23. The zero-order valence-electron chi connectivity index (χ0n) is 39.0. The highest BCUT2D eigenvalue weighted by molar-refractivity contribution is 5.96. The number of carbonyl (C=O) groups excluding carboxylic acids is 7. The molecule has 1 aromatic carbocycles. The molecule has 0 unspecified atom stereocenters. The zero-order chi connectivity index (χ0) is 46.7. The van der Waals surface area contributed by atoms with E-state index in [-0.39, 0.29) is 67.6 Å². The molecule has 62 heavy (non-hydrogen) atoms. The number of nitrogens with zero attached hydrogens (tertiary/aromatic N) is 2. The summed E-state index contributed by atoms with van der Waals surface area (Å²) in [5.41, 5.74) is 5.88. The Kier molecular flexibility index (Phi) is 22.6. The number of imide groups is 1. The predicted molar refractivity (Wildman–Crippen MR) is 238 cm³/mol. The fraction of sp³-hybridized carbons (Fsp3) is 0.717. The van der Waals surface area contributed by atoms with Crippen LogP contribution in [0.3, 0.4) is 0 Å². The number of aliphatic hydroxyl groups is 1. The van der Waals surface area contributed by atoms with Crippen molar-refractivity contribution in [2.75, 3.05) is 27.2 Å². The van der Waals surface area contributed by atoms with Crippen molar-refractivity contribution in [3.63, 3.8) is 0 Å². The van der Waals surface area contributed by atoms with E-state index in [2.05, 4.69) is 21.3 Å². The molecule has 1 saturated heterocycles. The third-order valence-electron chi connectivity index (χ3n) is 11.3. The Morgan fingerprint density at radius 2 is 1.53 bits per heavy atom. The number of rotatable bonds is 26. The van der Waals surface area contributed by atoms with Crippen LogP contribution < -0.4 is 31.7 Å². The van der Waals surface area contributed by atoms with Crippen LogP contribution in [0.5, 0.6) is 5.75 Å². The number of ether oxygens (including phenoxy) is 1. The van der Waals surface area contributed by atoms with Crippen LogP contribution in [-0.2, 0) is 40.0 Å². The van der Waals surface area contributed by atoms with Gasteiger partial charge in [-0.05, 0) is 87.3 Å². The first-order chi connectivity index (χ1) is 29.1. The number of methoxy groups -OCH3 is 1. The largest absolute Gasteiger partial charge is 0.497 e. The summed E-state index contributed by atoms with van der Waals surface area (Å²) in [6, 6.07) is 3.39. The number of amides is 7. The number of carbonyl (C=O) groups is 7. The average molecular weight is 872 g/mol. The summed E-state index contributed by atoms with van der Waals surface area (Å²) in [5, 5.41) is 22.4. The topological polar surface area (TPSA) is 230 Å². The smallest absolute Gasteiger partial charge is 0.245 e. The van der Waals surface area contributed by atoms with Crippen molar-refractivity contribution in [1.82, 2.24) is 31.1 Å². The maximum Gasteiger partial charge on any atom is 0.245 e. The van der Waals surface area contributed by atoms with Gasteiger partial charge in [-0.3, -0.25) is 38.9 Å². The van der Waals surface area contributed by atoms with Gasteiger partial charge in [-0.25, -0.2) is 0 Å². The van der Waals surface area contributed by atoms with Gasteiger partial charge in [0.1, 0.15) is 23.9 Å². The van der Waals surface area contributed by atoms with Gasteiger partial charge in [-0.2, -0.15) is 0 Å². The fourth-order valence-corrected chi connectivity index (χ4v) is 7.47. The number of nitrogens with one attached hydrogen (secondary N) is 4. The second-order valence-electron chi connectivity index (χ2n) is 18.4. The third kappa shape index (κ3) is 18.0. The first-order valence-electron chi connectivity index (χ1n) is 22.5. The van der Waals surface area contributed by atoms with E-state index in [1.54, 1.807) is 38.3 Å². The molecule has 0 aliphatic carbocycles. The van der Waals surface area contributed by atoms with Crippen LogP contribution in [-0.4, -0.2) is 119 Å². The molecule has 350 valence electrons. The zero-order valence-corrected chi connectivity index (χ0v) is 39.0. The second-order valence-corrected chi connectivity index (χ2v) is 18.4. The molecule has 1 fully saturated rings. The molecule has 2 rings (SSSR count). The third-order valence-corrected chi connectivity index (χ3v) is 11.3. The normalized spacial score (nSPS) is 16.8. The van der Waals surface area contributed by atoms with E-state index >= 15 is 0 Å². The van der Waals surface area contributed by atoms with E-state index < -0.39 is 59.4 Å². The summed E-state index contributed by atoms with van der Waals surface area (Å²) in [7, 11) is 3.07. The summed E-state index contributed by atoms with van der Waals surface area (Å²) >= 11 is 0. The van der Waals surface area contributed by atoms with Crippen LogP contribution in [0, 0.1) is 17.8 Å². The van der Waals surface area contributed by atoms with Gasteiger partial charge in [0.25, 0.3) is 0 Å². The van der Waals surface area contributed by atoms with E-state index in [1.165, 1.54) is 16.8 Å². The molecule has 1 aliphatic heterocycles. The van der Waals surface area contributed by atoms with Crippen LogP contribution in [0.2, 0.25) is 0 Å². The van der Waals surface area contributed by atoms with Gasteiger partial charge in [0.05, 0.1) is 31.2 Å². The van der Waals surface area contributed by atoms with Crippen molar-refractivity contribution in [2.24, 2.45) is 23.5 Å². The maximum absolute atomic E-state index is 14.6. The van der Waals surface area contributed by atoms with Crippen LogP contribution in [0.25, 0.3) is 0 Å². The Hall–Kier alpha value is -4.57. The first kappa shape index (κ1) is 53.6. The standard InChI is InChI=1S/C46H77N7O9/c1-11-46(8,47)45(61)53-23-15-16-36(53)42(58)50-35(27-32-18-20-33(62-10)21-19-32)44(60)52(9)37(25-30(4)5)43(59)49-34(24-29(2)3)38(54)28-40(56)48-22-14-12-13-17-39(55)51-41(57)26-31(6)7/h18-21,29-31,34-38,54H,11-17,22-28,47H2,1-10H3,(H,48,56)(H,49,59)(H,50,58)(H,51,55,57)/t34-,35+,36+,37+,38-,46+/m1/s1. The van der Waals surface area contributed by atoms with Gasteiger partial charge in [-0.1, -0.05) is 67.0 Å². The van der Waals surface area contributed by atoms with Gasteiger partial charge in [0.2, 0.25) is 41.4 Å². The summed E-state index contributed by atoms with van der Waals surface area (Å²) in [5.74, 6) is -2.04.